The van der Waals surface area contributed by atoms with Gasteiger partial charge in [-0.2, -0.15) is 37.9 Å². The first-order chi connectivity index (χ1) is 10.0. The zero-order valence-corrected chi connectivity index (χ0v) is 18.7. The lowest BCUT2D eigenvalue weighted by Gasteiger charge is -2.23. The van der Waals surface area contributed by atoms with Crippen LogP contribution in [0.25, 0.3) is 0 Å². The molecule has 0 radical (unpaired) electrons. The Kier molecular flexibility index (Phi) is 17.2. The molecule has 0 bridgehead atoms. The molecule has 3 atom stereocenters. The molecule has 0 aliphatic rings. The summed E-state index contributed by atoms with van der Waals surface area (Å²) in [6.07, 6.45) is 8.45. The van der Waals surface area contributed by atoms with Crippen molar-refractivity contribution in [2.45, 2.75) is 84.0 Å². The minimum Gasteiger partial charge on any atom is -0.165 e. The summed E-state index contributed by atoms with van der Waals surface area (Å²) in [4.78, 5) is 0. The average molecular weight is 405 g/mol. The second-order valence-corrected chi connectivity index (χ2v) is 12.4. The molecule has 0 aliphatic heterocycles. The van der Waals surface area contributed by atoms with E-state index in [0.717, 1.165) is 0 Å². The Morgan fingerprint density at radius 2 is 1.10 bits per heavy atom. The molecule has 21 heavy (non-hydrogen) atoms. The summed E-state index contributed by atoms with van der Waals surface area (Å²) >= 11 is 20.1. The minimum absolute atomic E-state index is 0.460. The summed E-state index contributed by atoms with van der Waals surface area (Å²) in [5, 5.41) is 0. The van der Waals surface area contributed by atoms with Crippen molar-refractivity contribution in [1.82, 2.24) is 0 Å². The normalized spacial score (nSPS) is 17.4. The fourth-order valence-electron chi connectivity index (χ4n) is 1.78. The van der Waals surface area contributed by atoms with E-state index in [1.54, 1.807) is 0 Å². The zero-order chi connectivity index (χ0) is 16.1. The SMILES string of the molecule is CCCC(S)SCCC(SC(S)CCC)SC(S)CCC. The topological polar surface area (TPSA) is 0 Å². The summed E-state index contributed by atoms with van der Waals surface area (Å²) in [7, 11) is 0. The van der Waals surface area contributed by atoms with E-state index in [9.17, 15) is 0 Å². The minimum atomic E-state index is 0.460. The van der Waals surface area contributed by atoms with Gasteiger partial charge in [0.05, 0.1) is 4.58 Å². The van der Waals surface area contributed by atoms with E-state index < -0.39 is 0 Å². The van der Waals surface area contributed by atoms with Crippen LogP contribution >= 0.6 is 73.2 Å². The summed E-state index contributed by atoms with van der Waals surface area (Å²) in [5.41, 5.74) is 0. The van der Waals surface area contributed by atoms with Crippen LogP contribution in [0.4, 0.5) is 0 Å². The zero-order valence-electron chi connectivity index (χ0n) is 13.5. The maximum absolute atomic E-state index is 4.72. The molecule has 0 aromatic heterocycles. The molecule has 0 saturated carbocycles. The standard InChI is InChI=1S/C15H32S6/c1-4-7-12(16)19-11-10-15(20-13(17)8-5-2)21-14(18)9-6-3/h12-18H,4-11H2,1-3H3. The van der Waals surface area contributed by atoms with Crippen LogP contribution in [0.1, 0.15) is 65.7 Å². The van der Waals surface area contributed by atoms with Crippen LogP contribution in [0, 0.1) is 0 Å². The van der Waals surface area contributed by atoms with Gasteiger partial charge in [-0.05, 0) is 31.4 Å². The summed E-state index contributed by atoms with van der Waals surface area (Å²) in [6.45, 7) is 6.69. The van der Waals surface area contributed by atoms with Crippen molar-refractivity contribution >= 4 is 73.2 Å². The molecule has 3 unspecified atom stereocenters. The Hall–Kier alpha value is 2.10. The van der Waals surface area contributed by atoms with Crippen LogP contribution in [0.2, 0.25) is 0 Å². The first-order valence-corrected chi connectivity index (χ1v) is 12.5. The van der Waals surface area contributed by atoms with Crippen LogP contribution in [-0.2, 0) is 0 Å². The Balaban J connectivity index is 4.16. The predicted molar refractivity (Wildman–Crippen MR) is 119 cm³/mol. The number of thiol groups is 3. The highest BCUT2D eigenvalue weighted by Crippen LogP contribution is 2.39. The summed E-state index contributed by atoms with van der Waals surface area (Å²) < 4.78 is 2.03. The van der Waals surface area contributed by atoms with Gasteiger partial charge < -0.3 is 0 Å². The van der Waals surface area contributed by atoms with Crippen molar-refractivity contribution in [1.29, 1.82) is 0 Å². The lowest BCUT2D eigenvalue weighted by molar-refractivity contribution is 0.863. The van der Waals surface area contributed by atoms with Crippen molar-refractivity contribution in [3.63, 3.8) is 0 Å². The molecule has 0 aromatic carbocycles. The predicted octanol–water partition coefficient (Wildman–Crippen LogP) is 7.07. The Labute approximate surface area is 162 Å². The van der Waals surface area contributed by atoms with Crippen LogP contribution in [-0.4, -0.2) is 24.1 Å². The van der Waals surface area contributed by atoms with Crippen molar-refractivity contribution < 1.29 is 0 Å². The molecule has 0 nitrogen and oxygen atoms in total. The average Bonchev–Trinajstić information content (AvgIpc) is 2.39. The van der Waals surface area contributed by atoms with Crippen molar-refractivity contribution in [2.24, 2.45) is 0 Å². The van der Waals surface area contributed by atoms with Gasteiger partial charge >= 0.3 is 0 Å². The van der Waals surface area contributed by atoms with Gasteiger partial charge in [0.2, 0.25) is 0 Å². The van der Waals surface area contributed by atoms with E-state index in [1.807, 2.05) is 35.3 Å². The Morgan fingerprint density at radius 3 is 1.52 bits per heavy atom. The quantitative estimate of drug-likeness (QED) is 0.209. The summed E-state index contributed by atoms with van der Waals surface area (Å²) in [6, 6.07) is 0. The van der Waals surface area contributed by atoms with E-state index in [1.165, 1.54) is 50.7 Å². The van der Waals surface area contributed by atoms with Crippen LogP contribution in [0.3, 0.4) is 0 Å². The number of hydrogen-bond donors (Lipinski definition) is 3. The molecule has 0 rings (SSSR count). The molecule has 0 heterocycles. The molecule has 0 saturated heterocycles. The van der Waals surface area contributed by atoms with Gasteiger partial charge in [-0.15, -0.1) is 35.3 Å². The van der Waals surface area contributed by atoms with Gasteiger partial charge in [0.25, 0.3) is 0 Å². The van der Waals surface area contributed by atoms with Crippen LogP contribution in [0.15, 0.2) is 0 Å². The van der Waals surface area contributed by atoms with Crippen LogP contribution < -0.4 is 0 Å². The van der Waals surface area contributed by atoms with Gasteiger partial charge in [-0.1, -0.05) is 40.0 Å². The van der Waals surface area contributed by atoms with E-state index in [4.69, 9.17) is 25.3 Å². The Morgan fingerprint density at radius 1 is 0.667 bits per heavy atom. The van der Waals surface area contributed by atoms with Gasteiger partial charge in [0.1, 0.15) is 0 Å². The molecule has 0 N–H and O–H groups in total. The van der Waals surface area contributed by atoms with Crippen LogP contribution in [0.5, 0.6) is 0 Å². The second-order valence-electron chi connectivity index (χ2n) is 5.09. The molecule has 0 aromatic rings. The maximum Gasteiger partial charge on any atom is 0.0532 e. The molecule has 0 spiro atoms. The lowest BCUT2D eigenvalue weighted by Crippen LogP contribution is -2.09. The van der Waals surface area contributed by atoms with Gasteiger partial charge in [-0.3, -0.25) is 0 Å². The van der Waals surface area contributed by atoms with Gasteiger partial charge in [-0.25, -0.2) is 0 Å². The molecule has 0 amide bonds. The van der Waals surface area contributed by atoms with Crippen molar-refractivity contribution in [3.05, 3.63) is 0 Å². The van der Waals surface area contributed by atoms with E-state index in [-0.39, 0.29) is 0 Å². The molecule has 0 aliphatic carbocycles. The fourth-order valence-corrected chi connectivity index (χ4v) is 8.60. The number of thioether (sulfide) groups is 3. The fraction of sp³-hybridized carbons (Fsp3) is 1.00. The first-order valence-electron chi connectivity index (χ1n) is 8.00. The highest BCUT2D eigenvalue weighted by atomic mass is 32.2. The number of hydrogen-bond acceptors (Lipinski definition) is 6. The molecule has 6 heteroatoms. The molecular formula is C15H32S6. The van der Waals surface area contributed by atoms with Gasteiger partial charge in [0.15, 0.2) is 0 Å². The van der Waals surface area contributed by atoms with E-state index in [0.29, 0.717) is 18.3 Å². The van der Waals surface area contributed by atoms with Gasteiger partial charge in [0, 0.05) is 13.7 Å². The van der Waals surface area contributed by atoms with E-state index >= 15 is 0 Å². The summed E-state index contributed by atoms with van der Waals surface area (Å²) in [5.74, 6) is 1.19. The van der Waals surface area contributed by atoms with Crippen molar-refractivity contribution in [2.75, 3.05) is 5.75 Å². The lowest BCUT2D eigenvalue weighted by atomic mass is 10.4. The molecular weight excluding hydrogens is 373 g/mol. The molecule has 128 valence electrons. The third-order valence-electron chi connectivity index (χ3n) is 2.89. The first kappa shape index (κ1) is 23.1. The highest BCUT2D eigenvalue weighted by molar-refractivity contribution is 8.24. The Bertz CT molecular complexity index is 212. The van der Waals surface area contributed by atoms with E-state index in [2.05, 4.69) is 33.4 Å². The maximum atomic E-state index is 4.72. The highest BCUT2D eigenvalue weighted by Gasteiger charge is 2.18. The number of rotatable bonds is 14. The second kappa shape index (κ2) is 15.6. The third kappa shape index (κ3) is 14.2. The molecule has 0 fully saturated rings. The smallest absolute Gasteiger partial charge is 0.0532 e. The third-order valence-corrected chi connectivity index (χ3v) is 8.78. The largest absolute Gasteiger partial charge is 0.165 e. The van der Waals surface area contributed by atoms with Crippen molar-refractivity contribution in [3.8, 4) is 0 Å². The monoisotopic (exact) mass is 404 g/mol.